The molecule has 1 aliphatic rings. The van der Waals surface area contributed by atoms with Crippen molar-refractivity contribution in [2.75, 3.05) is 11.9 Å². The molecular weight excluding hydrogens is 352 g/mol. The molecule has 0 radical (unpaired) electrons. The van der Waals surface area contributed by atoms with E-state index in [1.54, 1.807) is 31.2 Å². The summed E-state index contributed by atoms with van der Waals surface area (Å²) in [5, 5.41) is 3.98. The van der Waals surface area contributed by atoms with Gasteiger partial charge in [-0.15, -0.1) is 0 Å². The second kappa shape index (κ2) is 7.50. The zero-order valence-electron chi connectivity index (χ0n) is 16.2. The highest BCUT2D eigenvalue weighted by molar-refractivity contribution is 6.09. The van der Waals surface area contributed by atoms with Gasteiger partial charge in [-0.05, 0) is 68.0 Å². The number of ether oxygens (including phenoxy) is 1. The molecule has 3 aromatic rings. The third-order valence-corrected chi connectivity index (χ3v) is 5.37. The molecule has 0 unspecified atom stereocenters. The average molecular weight is 376 g/mol. The number of amides is 1. The first-order valence-electron chi connectivity index (χ1n) is 9.77. The van der Waals surface area contributed by atoms with E-state index in [9.17, 15) is 9.59 Å². The summed E-state index contributed by atoms with van der Waals surface area (Å²) in [6.45, 7) is 4.31. The highest BCUT2D eigenvalue weighted by Crippen LogP contribution is 2.32. The molecule has 2 N–H and O–H groups in total. The Morgan fingerprint density at radius 3 is 2.86 bits per heavy atom. The quantitative estimate of drug-likeness (QED) is 0.647. The molecule has 5 nitrogen and oxygen atoms in total. The van der Waals surface area contributed by atoms with Crippen LogP contribution < -0.4 is 5.32 Å². The summed E-state index contributed by atoms with van der Waals surface area (Å²) >= 11 is 0. The molecular formula is C23H24N2O3. The lowest BCUT2D eigenvalue weighted by atomic mass is 9.87. The molecule has 1 atom stereocenters. The molecule has 28 heavy (non-hydrogen) atoms. The molecule has 0 fully saturated rings. The third kappa shape index (κ3) is 3.40. The second-order valence-corrected chi connectivity index (χ2v) is 7.41. The number of esters is 1. The van der Waals surface area contributed by atoms with Gasteiger partial charge in [-0.2, -0.15) is 0 Å². The smallest absolute Gasteiger partial charge is 0.340 e. The van der Waals surface area contributed by atoms with Gasteiger partial charge in [0, 0.05) is 22.2 Å². The van der Waals surface area contributed by atoms with Crippen molar-refractivity contribution in [3.8, 4) is 0 Å². The van der Waals surface area contributed by atoms with Gasteiger partial charge in [-0.1, -0.05) is 19.1 Å². The fraction of sp³-hybridized carbons (Fsp3) is 0.304. The van der Waals surface area contributed by atoms with Crippen LogP contribution >= 0.6 is 0 Å². The zero-order valence-corrected chi connectivity index (χ0v) is 16.2. The molecule has 0 spiro atoms. The van der Waals surface area contributed by atoms with Crippen LogP contribution in [0.3, 0.4) is 0 Å². The zero-order chi connectivity index (χ0) is 19.7. The summed E-state index contributed by atoms with van der Waals surface area (Å²) < 4.78 is 5.08. The standard InChI is InChI=1S/C23H24N2O3/c1-3-28-23(27)16-6-4-5-7-19(16)25-22(26)15-9-11-21-18(13-15)17-12-14(2)8-10-20(17)24-21/h4-7,9,11,13-14,24H,3,8,10,12H2,1-2H3,(H,25,26)/t14-/m0/s1. The first-order valence-corrected chi connectivity index (χ1v) is 9.77. The molecule has 0 bridgehead atoms. The van der Waals surface area contributed by atoms with Gasteiger partial charge in [0.15, 0.2) is 0 Å². The number of para-hydroxylation sites is 1. The van der Waals surface area contributed by atoms with E-state index < -0.39 is 5.97 Å². The number of hydrogen-bond acceptors (Lipinski definition) is 3. The molecule has 1 amide bonds. The Kier molecular flexibility index (Phi) is 4.90. The van der Waals surface area contributed by atoms with Gasteiger partial charge >= 0.3 is 5.97 Å². The van der Waals surface area contributed by atoms with E-state index in [0.717, 1.165) is 23.7 Å². The Labute approximate surface area is 164 Å². The Balaban J connectivity index is 1.63. The van der Waals surface area contributed by atoms with Crippen molar-refractivity contribution >= 4 is 28.5 Å². The molecule has 1 aromatic heterocycles. The fourth-order valence-electron chi connectivity index (χ4n) is 3.91. The van der Waals surface area contributed by atoms with Crippen LogP contribution in [-0.4, -0.2) is 23.5 Å². The second-order valence-electron chi connectivity index (χ2n) is 7.41. The Morgan fingerprint density at radius 1 is 1.21 bits per heavy atom. The summed E-state index contributed by atoms with van der Waals surface area (Å²) in [5.74, 6) is -0.0274. The minimum atomic E-state index is -0.442. The van der Waals surface area contributed by atoms with Gasteiger partial charge in [-0.3, -0.25) is 4.79 Å². The number of fused-ring (bicyclic) bond motifs is 3. The molecule has 144 valence electrons. The number of aromatic amines is 1. The number of benzene rings is 2. The van der Waals surface area contributed by atoms with Gasteiger partial charge in [-0.25, -0.2) is 4.79 Å². The van der Waals surface area contributed by atoms with Gasteiger partial charge in [0.2, 0.25) is 0 Å². The van der Waals surface area contributed by atoms with E-state index in [1.807, 2.05) is 18.2 Å². The van der Waals surface area contributed by atoms with Gasteiger partial charge in [0.05, 0.1) is 17.9 Å². The minimum Gasteiger partial charge on any atom is -0.462 e. The maximum atomic E-state index is 12.9. The van der Waals surface area contributed by atoms with Crippen LogP contribution in [0.15, 0.2) is 42.5 Å². The van der Waals surface area contributed by atoms with E-state index in [-0.39, 0.29) is 12.5 Å². The molecule has 0 aliphatic heterocycles. The normalized spacial score (nSPS) is 15.9. The summed E-state index contributed by atoms with van der Waals surface area (Å²) in [5.41, 5.74) is 5.07. The number of anilines is 1. The number of carbonyl (C=O) groups excluding carboxylic acids is 2. The minimum absolute atomic E-state index is 0.238. The highest BCUT2D eigenvalue weighted by atomic mass is 16.5. The van der Waals surface area contributed by atoms with Gasteiger partial charge in [0.1, 0.15) is 0 Å². The van der Waals surface area contributed by atoms with Gasteiger partial charge < -0.3 is 15.0 Å². The van der Waals surface area contributed by atoms with E-state index in [2.05, 4.69) is 17.2 Å². The average Bonchev–Trinajstić information content (AvgIpc) is 3.05. The molecule has 1 heterocycles. The van der Waals surface area contributed by atoms with E-state index in [4.69, 9.17) is 4.74 Å². The van der Waals surface area contributed by atoms with E-state index in [1.165, 1.54) is 17.7 Å². The first kappa shape index (κ1) is 18.3. The largest absolute Gasteiger partial charge is 0.462 e. The molecule has 5 heteroatoms. The molecule has 1 aliphatic carbocycles. The van der Waals surface area contributed by atoms with Crippen molar-refractivity contribution in [2.45, 2.75) is 33.1 Å². The monoisotopic (exact) mass is 376 g/mol. The summed E-state index contributed by atoms with van der Waals surface area (Å²) in [4.78, 5) is 28.5. The van der Waals surface area contributed by atoms with Gasteiger partial charge in [0.25, 0.3) is 5.91 Å². The number of aromatic nitrogens is 1. The lowest BCUT2D eigenvalue weighted by Crippen LogP contribution is -2.16. The van der Waals surface area contributed by atoms with Crippen molar-refractivity contribution in [1.82, 2.24) is 4.98 Å². The van der Waals surface area contributed by atoms with Crippen molar-refractivity contribution in [3.63, 3.8) is 0 Å². The molecule has 4 rings (SSSR count). The van der Waals surface area contributed by atoms with Crippen LogP contribution in [0.4, 0.5) is 5.69 Å². The van der Waals surface area contributed by atoms with Crippen LogP contribution in [0.2, 0.25) is 0 Å². The number of hydrogen-bond donors (Lipinski definition) is 2. The van der Waals surface area contributed by atoms with Crippen LogP contribution in [0.25, 0.3) is 10.9 Å². The third-order valence-electron chi connectivity index (χ3n) is 5.37. The summed E-state index contributed by atoms with van der Waals surface area (Å²) in [7, 11) is 0. The number of aryl methyl sites for hydroxylation is 1. The maximum Gasteiger partial charge on any atom is 0.340 e. The predicted molar refractivity (Wildman–Crippen MR) is 110 cm³/mol. The Morgan fingerprint density at radius 2 is 2.04 bits per heavy atom. The maximum absolute atomic E-state index is 12.9. The van der Waals surface area contributed by atoms with Crippen LogP contribution in [0.1, 0.15) is 52.2 Å². The van der Waals surface area contributed by atoms with E-state index >= 15 is 0 Å². The van der Waals surface area contributed by atoms with Crippen molar-refractivity contribution in [3.05, 3.63) is 64.8 Å². The van der Waals surface area contributed by atoms with Crippen LogP contribution in [0, 0.1) is 5.92 Å². The summed E-state index contributed by atoms with van der Waals surface area (Å²) in [6.07, 6.45) is 3.28. The fourth-order valence-corrected chi connectivity index (χ4v) is 3.91. The predicted octanol–water partition coefficient (Wildman–Crippen LogP) is 4.72. The van der Waals surface area contributed by atoms with Crippen LogP contribution in [-0.2, 0) is 17.6 Å². The number of rotatable bonds is 4. The lowest BCUT2D eigenvalue weighted by molar-refractivity contribution is 0.0527. The molecule has 0 saturated carbocycles. The number of nitrogens with one attached hydrogen (secondary N) is 2. The van der Waals surface area contributed by atoms with Crippen molar-refractivity contribution in [1.29, 1.82) is 0 Å². The van der Waals surface area contributed by atoms with E-state index in [0.29, 0.717) is 22.7 Å². The SMILES string of the molecule is CCOC(=O)c1ccccc1NC(=O)c1ccc2[nH]c3c(c2c1)C[C@@H](C)CC3. The highest BCUT2D eigenvalue weighted by Gasteiger charge is 2.21. The number of H-pyrrole nitrogens is 1. The summed E-state index contributed by atoms with van der Waals surface area (Å²) in [6, 6.07) is 12.6. The van der Waals surface area contributed by atoms with Crippen LogP contribution in [0.5, 0.6) is 0 Å². The molecule has 2 aromatic carbocycles. The van der Waals surface area contributed by atoms with Crippen molar-refractivity contribution in [2.24, 2.45) is 5.92 Å². The van der Waals surface area contributed by atoms with Crippen molar-refractivity contribution < 1.29 is 14.3 Å². The number of carbonyl (C=O) groups is 2. The first-order chi connectivity index (χ1) is 13.6. The Hall–Kier alpha value is -3.08. The topological polar surface area (TPSA) is 71.2 Å². The molecule has 0 saturated heterocycles. The Bertz CT molecular complexity index is 1050. The lowest BCUT2D eigenvalue weighted by Gasteiger charge is -2.18.